The third-order valence-electron chi connectivity index (χ3n) is 3.85. The number of H-pyrrole nitrogens is 1. The van der Waals surface area contributed by atoms with E-state index in [9.17, 15) is 18.0 Å². The molecule has 130 valence electrons. The largest absolute Gasteiger partial charge is 0.416 e. The molecule has 0 saturated heterocycles. The summed E-state index contributed by atoms with van der Waals surface area (Å²) in [6.45, 7) is 3.42. The van der Waals surface area contributed by atoms with Gasteiger partial charge in [0.15, 0.2) is 0 Å². The van der Waals surface area contributed by atoms with Gasteiger partial charge in [-0.05, 0) is 31.5 Å². The van der Waals surface area contributed by atoms with Crippen LogP contribution in [0.15, 0.2) is 47.5 Å². The molecule has 3 aromatic rings. The van der Waals surface area contributed by atoms with Gasteiger partial charge in [-0.3, -0.25) is 9.48 Å². The fraction of sp³-hybridized carbons (Fsp3) is 0.235. The summed E-state index contributed by atoms with van der Waals surface area (Å²) in [6.07, 6.45) is -1.20. The van der Waals surface area contributed by atoms with Crippen LogP contribution in [0, 0.1) is 6.92 Å². The lowest BCUT2D eigenvalue weighted by Crippen LogP contribution is -2.10. The quantitative estimate of drug-likeness (QED) is 0.787. The van der Waals surface area contributed by atoms with Crippen molar-refractivity contribution in [3.05, 3.63) is 70.0 Å². The second-order valence-electron chi connectivity index (χ2n) is 5.72. The second kappa shape index (κ2) is 6.19. The normalized spacial score (nSPS) is 13.0. The van der Waals surface area contributed by atoms with Crippen LogP contribution in [-0.4, -0.2) is 19.7 Å². The predicted molar refractivity (Wildman–Crippen MR) is 86.1 cm³/mol. The Bertz CT molecular complexity index is 959. The number of rotatable bonds is 3. The number of halogens is 3. The van der Waals surface area contributed by atoms with Gasteiger partial charge < -0.3 is 4.98 Å². The van der Waals surface area contributed by atoms with Crippen LogP contribution in [0.25, 0.3) is 11.3 Å². The Morgan fingerprint density at radius 2 is 2.00 bits per heavy atom. The van der Waals surface area contributed by atoms with Crippen molar-refractivity contribution >= 4 is 0 Å². The minimum Gasteiger partial charge on any atom is -0.311 e. The van der Waals surface area contributed by atoms with Gasteiger partial charge in [0.1, 0.15) is 5.82 Å². The molecule has 3 rings (SSSR count). The van der Waals surface area contributed by atoms with E-state index in [4.69, 9.17) is 0 Å². The topological polar surface area (TPSA) is 63.6 Å². The Hall–Kier alpha value is -2.90. The molecule has 1 N–H and O–H groups in total. The molecule has 2 aromatic heterocycles. The van der Waals surface area contributed by atoms with Gasteiger partial charge in [-0.1, -0.05) is 12.1 Å². The van der Waals surface area contributed by atoms with Crippen molar-refractivity contribution in [2.45, 2.75) is 26.1 Å². The highest BCUT2D eigenvalue weighted by Gasteiger charge is 2.30. The molecule has 0 bridgehead atoms. The van der Waals surface area contributed by atoms with Crippen molar-refractivity contribution in [1.82, 2.24) is 19.7 Å². The van der Waals surface area contributed by atoms with E-state index in [1.54, 1.807) is 30.8 Å². The van der Waals surface area contributed by atoms with E-state index < -0.39 is 17.8 Å². The van der Waals surface area contributed by atoms with E-state index in [1.165, 1.54) is 18.3 Å². The van der Waals surface area contributed by atoms with Crippen LogP contribution in [0.1, 0.15) is 29.9 Å². The Morgan fingerprint density at radius 1 is 1.24 bits per heavy atom. The highest BCUT2D eigenvalue weighted by Crippen LogP contribution is 2.31. The zero-order valence-corrected chi connectivity index (χ0v) is 13.5. The highest BCUT2D eigenvalue weighted by atomic mass is 19.4. The molecule has 1 unspecified atom stereocenters. The summed E-state index contributed by atoms with van der Waals surface area (Å²) in [5.74, 6) is 0.473. The minimum atomic E-state index is -4.39. The lowest BCUT2D eigenvalue weighted by molar-refractivity contribution is -0.137. The van der Waals surface area contributed by atoms with Crippen LogP contribution in [0.4, 0.5) is 13.2 Å². The van der Waals surface area contributed by atoms with Gasteiger partial charge in [-0.25, -0.2) is 4.98 Å². The molecular formula is C17H15F3N4O. The molecule has 0 aliphatic heterocycles. The molecule has 1 atom stereocenters. The van der Waals surface area contributed by atoms with E-state index >= 15 is 0 Å². The molecule has 0 saturated carbocycles. The summed E-state index contributed by atoms with van der Waals surface area (Å²) in [7, 11) is 0. The van der Waals surface area contributed by atoms with E-state index in [-0.39, 0.29) is 5.56 Å². The van der Waals surface area contributed by atoms with E-state index in [1.807, 2.05) is 0 Å². The maximum absolute atomic E-state index is 12.9. The van der Waals surface area contributed by atoms with E-state index in [0.29, 0.717) is 22.6 Å². The molecule has 25 heavy (non-hydrogen) atoms. The highest BCUT2D eigenvalue weighted by molar-refractivity contribution is 5.56. The summed E-state index contributed by atoms with van der Waals surface area (Å²) in [5.41, 5.74) is 0.591. The lowest BCUT2D eigenvalue weighted by Gasteiger charge is -2.15. The van der Waals surface area contributed by atoms with Gasteiger partial charge in [-0.2, -0.15) is 18.3 Å². The number of nitrogens with zero attached hydrogens (tertiary/aromatic N) is 3. The number of aryl methyl sites for hydroxylation is 1. The Morgan fingerprint density at radius 3 is 2.68 bits per heavy atom. The first kappa shape index (κ1) is 16.9. The Kier molecular flexibility index (Phi) is 4.20. The maximum atomic E-state index is 12.9. The Balaban J connectivity index is 1.93. The van der Waals surface area contributed by atoms with Gasteiger partial charge in [0.25, 0.3) is 5.56 Å². The molecule has 1 aromatic carbocycles. The minimum absolute atomic E-state index is 0.277. The van der Waals surface area contributed by atoms with Crippen molar-refractivity contribution in [2.24, 2.45) is 0 Å². The molecule has 5 nitrogen and oxygen atoms in total. The first-order valence-corrected chi connectivity index (χ1v) is 7.53. The van der Waals surface area contributed by atoms with Crippen LogP contribution in [-0.2, 0) is 6.18 Å². The van der Waals surface area contributed by atoms with Crippen LogP contribution >= 0.6 is 0 Å². The summed E-state index contributed by atoms with van der Waals surface area (Å²) >= 11 is 0. The van der Waals surface area contributed by atoms with Gasteiger partial charge in [-0.15, -0.1) is 0 Å². The molecule has 0 radical (unpaired) electrons. The number of aromatic nitrogens is 4. The van der Waals surface area contributed by atoms with Crippen molar-refractivity contribution < 1.29 is 13.2 Å². The van der Waals surface area contributed by atoms with Crippen LogP contribution in [0.2, 0.25) is 0 Å². The maximum Gasteiger partial charge on any atom is 0.416 e. The fourth-order valence-corrected chi connectivity index (χ4v) is 2.54. The third kappa shape index (κ3) is 3.62. The van der Waals surface area contributed by atoms with E-state index in [0.717, 1.165) is 12.1 Å². The number of hydrogen-bond donors (Lipinski definition) is 1. The first-order valence-electron chi connectivity index (χ1n) is 7.53. The summed E-state index contributed by atoms with van der Waals surface area (Å²) < 4.78 is 40.2. The van der Waals surface area contributed by atoms with Gasteiger partial charge >= 0.3 is 6.18 Å². The summed E-state index contributed by atoms with van der Waals surface area (Å²) in [4.78, 5) is 18.3. The number of alkyl halides is 3. The van der Waals surface area contributed by atoms with Crippen molar-refractivity contribution in [1.29, 1.82) is 0 Å². The number of nitrogens with one attached hydrogen (secondary N) is 1. The molecular weight excluding hydrogens is 333 g/mol. The predicted octanol–water partition coefficient (Wildman–Crippen LogP) is 3.57. The van der Waals surface area contributed by atoms with Gasteiger partial charge in [0.05, 0.1) is 23.5 Å². The molecule has 8 heteroatoms. The van der Waals surface area contributed by atoms with Gasteiger partial charge in [0.2, 0.25) is 0 Å². The molecule has 0 aliphatic rings. The standard InChI is InChI=1S/C17H15F3N4O/c1-10(12-4-3-5-14(6-12)17(18,19)20)24-9-13(8-21-24)15-7-16(25)23-11(2)22-15/h3-10H,1-2H3,(H,22,23,25). The number of hydrogen-bond acceptors (Lipinski definition) is 3. The monoisotopic (exact) mass is 348 g/mol. The number of benzene rings is 1. The van der Waals surface area contributed by atoms with Crippen LogP contribution in [0.5, 0.6) is 0 Å². The summed E-state index contributed by atoms with van der Waals surface area (Å²) in [5, 5.41) is 4.20. The van der Waals surface area contributed by atoms with Gasteiger partial charge in [0, 0.05) is 17.8 Å². The molecule has 0 aliphatic carbocycles. The van der Waals surface area contributed by atoms with Crippen molar-refractivity contribution in [3.8, 4) is 11.3 Å². The van der Waals surface area contributed by atoms with Crippen LogP contribution < -0.4 is 5.56 Å². The van der Waals surface area contributed by atoms with Crippen LogP contribution in [0.3, 0.4) is 0 Å². The zero-order chi connectivity index (χ0) is 18.2. The first-order chi connectivity index (χ1) is 11.7. The molecule has 2 heterocycles. The van der Waals surface area contributed by atoms with E-state index in [2.05, 4.69) is 15.1 Å². The second-order valence-corrected chi connectivity index (χ2v) is 5.72. The molecule has 0 fully saturated rings. The third-order valence-corrected chi connectivity index (χ3v) is 3.85. The lowest BCUT2D eigenvalue weighted by atomic mass is 10.1. The summed E-state index contributed by atoms with van der Waals surface area (Å²) in [6, 6.07) is 6.09. The number of aromatic amines is 1. The Labute approximate surface area is 141 Å². The SMILES string of the molecule is Cc1nc(-c2cnn(C(C)c3cccc(C(F)(F)F)c3)c2)cc(=O)[nH]1. The van der Waals surface area contributed by atoms with Crippen molar-refractivity contribution in [3.63, 3.8) is 0 Å². The average Bonchev–Trinajstić information content (AvgIpc) is 3.02. The van der Waals surface area contributed by atoms with Crippen molar-refractivity contribution in [2.75, 3.05) is 0 Å². The molecule has 0 amide bonds. The smallest absolute Gasteiger partial charge is 0.311 e. The molecule has 0 spiro atoms. The zero-order valence-electron chi connectivity index (χ0n) is 13.5. The average molecular weight is 348 g/mol. The fourth-order valence-electron chi connectivity index (χ4n) is 2.54.